The molecule has 0 N–H and O–H groups in total. The predicted octanol–water partition coefficient (Wildman–Crippen LogP) is 0.916. The number of aromatic nitrogens is 2. The second-order valence-corrected chi connectivity index (χ2v) is 3.57. The Kier molecular flexibility index (Phi) is 3.37. The van der Waals surface area contributed by atoms with Gasteiger partial charge in [-0.05, 0) is 6.07 Å². The maximum absolute atomic E-state index is 11.8. The van der Waals surface area contributed by atoms with Crippen LogP contribution in [0.5, 0.6) is 5.88 Å². The molecular weight excluding hydrogens is 252 g/mol. The van der Waals surface area contributed by atoms with Crippen LogP contribution in [0.4, 0.5) is 0 Å². The Hall–Kier alpha value is -2.57. The highest BCUT2D eigenvalue weighted by Crippen LogP contribution is 2.22. The second kappa shape index (κ2) is 4.97. The average Bonchev–Trinajstić information content (AvgIpc) is 2.84. The van der Waals surface area contributed by atoms with Crippen LogP contribution >= 0.6 is 0 Å². The molecule has 0 atom stereocenters. The fourth-order valence-electron chi connectivity index (χ4n) is 1.74. The molecule has 0 aliphatic carbocycles. The summed E-state index contributed by atoms with van der Waals surface area (Å²) in [7, 11) is 3.91. The van der Waals surface area contributed by atoms with Crippen molar-refractivity contribution in [1.82, 2.24) is 9.61 Å². The molecule has 0 bridgehead atoms. The quantitative estimate of drug-likeness (QED) is 0.767. The SMILES string of the molecule is COC(=O)c1nn2c(OC)cccc2c1C(=O)OC. The summed E-state index contributed by atoms with van der Waals surface area (Å²) in [6, 6.07) is 4.97. The molecule has 2 aromatic rings. The first-order valence-electron chi connectivity index (χ1n) is 5.36. The molecular formula is C12H12N2O5. The lowest BCUT2D eigenvalue weighted by Crippen LogP contribution is -2.10. The highest BCUT2D eigenvalue weighted by Gasteiger charge is 2.26. The highest BCUT2D eigenvalue weighted by molar-refractivity contribution is 6.07. The van der Waals surface area contributed by atoms with Gasteiger partial charge in [0.05, 0.1) is 26.8 Å². The molecule has 0 unspecified atom stereocenters. The van der Waals surface area contributed by atoms with E-state index in [1.807, 2.05) is 0 Å². The Morgan fingerprint density at radius 3 is 2.37 bits per heavy atom. The van der Waals surface area contributed by atoms with E-state index in [-0.39, 0.29) is 11.3 Å². The van der Waals surface area contributed by atoms with E-state index >= 15 is 0 Å². The summed E-state index contributed by atoms with van der Waals surface area (Å²) in [6.45, 7) is 0. The minimum atomic E-state index is -0.717. The van der Waals surface area contributed by atoms with Gasteiger partial charge in [-0.2, -0.15) is 9.61 Å². The summed E-state index contributed by atoms with van der Waals surface area (Å²) in [5, 5.41) is 4.04. The van der Waals surface area contributed by atoms with E-state index in [0.29, 0.717) is 11.4 Å². The van der Waals surface area contributed by atoms with Crippen LogP contribution in [-0.4, -0.2) is 42.9 Å². The number of ether oxygens (including phenoxy) is 3. The number of carbonyl (C=O) groups excluding carboxylic acids is 2. The van der Waals surface area contributed by atoms with Gasteiger partial charge >= 0.3 is 11.9 Å². The zero-order valence-electron chi connectivity index (χ0n) is 10.7. The molecule has 0 saturated heterocycles. The number of hydrogen-bond acceptors (Lipinski definition) is 6. The zero-order valence-corrected chi connectivity index (χ0v) is 10.7. The molecule has 0 aliphatic heterocycles. The van der Waals surface area contributed by atoms with Crippen molar-refractivity contribution in [3.05, 3.63) is 29.5 Å². The Morgan fingerprint density at radius 1 is 1.11 bits per heavy atom. The average molecular weight is 264 g/mol. The number of esters is 2. The van der Waals surface area contributed by atoms with E-state index in [9.17, 15) is 9.59 Å². The number of fused-ring (bicyclic) bond motifs is 1. The van der Waals surface area contributed by atoms with E-state index in [4.69, 9.17) is 4.74 Å². The normalized spacial score (nSPS) is 10.3. The van der Waals surface area contributed by atoms with Crippen molar-refractivity contribution in [2.75, 3.05) is 21.3 Å². The Labute approximate surface area is 108 Å². The molecule has 0 fully saturated rings. The summed E-state index contributed by atoms with van der Waals surface area (Å²) in [6.07, 6.45) is 0. The van der Waals surface area contributed by atoms with Crippen molar-refractivity contribution < 1.29 is 23.8 Å². The van der Waals surface area contributed by atoms with Gasteiger partial charge in [0.2, 0.25) is 5.88 Å². The van der Waals surface area contributed by atoms with E-state index in [0.717, 1.165) is 0 Å². The smallest absolute Gasteiger partial charge is 0.359 e. The van der Waals surface area contributed by atoms with Crippen molar-refractivity contribution in [3.63, 3.8) is 0 Å². The van der Waals surface area contributed by atoms with Gasteiger partial charge in [0.25, 0.3) is 0 Å². The fourth-order valence-corrected chi connectivity index (χ4v) is 1.74. The molecule has 2 heterocycles. The zero-order chi connectivity index (χ0) is 14.0. The maximum Gasteiger partial charge on any atom is 0.359 e. The number of nitrogens with zero attached hydrogens (tertiary/aromatic N) is 2. The molecule has 0 saturated carbocycles. The highest BCUT2D eigenvalue weighted by atomic mass is 16.5. The molecule has 7 nitrogen and oxygen atoms in total. The molecule has 7 heteroatoms. The molecule has 100 valence electrons. The molecule has 2 rings (SSSR count). The lowest BCUT2D eigenvalue weighted by molar-refractivity contribution is 0.0553. The Bertz CT molecular complexity index is 647. The van der Waals surface area contributed by atoms with Gasteiger partial charge in [-0.15, -0.1) is 0 Å². The van der Waals surface area contributed by atoms with Gasteiger partial charge in [-0.3, -0.25) is 0 Å². The molecule has 0 aliphatic rings. The van der Waals surface area contributed by atoms with Crippen LogP contribution in [0.25, 0.3) is 5.52 Å². The van der Waals surface area contributed by atoms with Gasteiger partial charge in [-0.25, -0.2) is 9.59 Å². The largest absolute Gasteiger partial charge is 0.481 e. The third kappa shape index (κ3) is 1.99. The molecule has 0 spiro atoms. The molecule has 19 heavy (non-hydrogen) atoms. The van der Waals surface area contributed by atoms with Crippen LogP contribution in [0.3, 0.4) is 0 Å². The first-order valence-corrected chi connectivity index (χ1v) is 5.36. The molecule has 2 aromatic heterocycles. The van der Waals surface area contributed by atoms with Crippen molar-refractivity contribution in [1.29, 1.82) is 0 Å². The monoisotopic (exact) mass is 264 g/mol. The van der Waals surface area contributed by atoms with Gasteiger partial charge in [0.15, 0.2) is 5.69 Å². The summed E-state index contributed by atoms with van der Waals surface area (Å²) in [4.78, 5) is 23.5. The lowest BCUT2D eigenvalue weighted by atomic mass is 10.2. The van der Waals surface area contributed by atoms with E-state index < -0.39 is 11.9 Å². The van der Waals surface area contributed by atoms with Crippen LogP contribution in [-0.2, 0) is 9.47 Å². The van der Waals surface area contributed by atoms with Crippen LogP contribution in [0.1, 0.15) is 20.8 Å². The third-order valence-corrected chi connectivity index (χ3v) is 2.60. The summed E-state index contributed by atoms with van der Waals surface area (Å²) >= 11 is 0. The molecule has 0 amide bonds. The Balaban J connectivity index is 2.80. The number of carbonyl (C=O) groups is 2. The van der Waals surface area contributed by atoms with Crippen LogP contribution < -0.4 is 4.74 Å². The van der Waals surface area contributed by atoms with E-state index in [1.165, 1.54) is 25.8 Å². The first kappa shape index (κ1) is 12.9. The first-order chi connectivity index (χ1) is 9.13. The number of hydrogen-bond donors (Lipinski definition) is 0. The summed E-state index contributed by atoms with van der Waals surface area (Å²) < 4.78 is 15.7. The predicted molar refractivity (Wildman–Crippen MR) is 64.4 cm³/mol. The standard InChI is InChI=1S/C12H12N2O5/c1-17-8-6-4-5-7-9(11(15)18-2)10(12(16)19-3)13-14(7)8/h4-6H,1-3H3. The van der Waals surface area contributed by atoms with E-state index in [2.05, 4.69) is 14.6 Å². The Morgan fingerprint density at radius 2 is 1.79 bits per heavy atom. The molecule has 0 aromatic carbocycles. The summed E-state index contributed by atoms with van der Waals surface area (Å²) in [5.74, 6) is -0.993. The van der Waals surface area contributed by atoms with Gasteiger partial charge in [0, 0.05) is 6.07 Å². The van der Waals surface area contributed by atoms with Gasteiger partial charge < -0.3 is 14.2 Å². The summed E-state index contributed by atoms with van der Waals surface area (Å²) in [5.41, 5.74) is 0.346. The molecule has 0 radical (unpaired) electrons. The number of pyridine rings is 1. The topological polar surface area (TPSA) is 79.1 Å². The van der Waals surface area contributed by atoms with Crippen LogP contribution in [0, 0.1) is 0 Å². The van der Waals surface area contributed by atoms with Crippen molar-refractivity contribution >= 4 is 17.5 Å². The van der Waals surface area contributed by atoms with Gasteiger partial charge in [0.1, 0.15) is 5.56 Å². The maximum atomic E-state index is 11.8. The van der Waals surface area contributed by atoms with Crippen molar-refractivity contribution in [3.8, 4) is 5.88 Å². The van der Waals surface area contributed by atoms with Crippen molar-refractivity contribution in [2.45, 2.75) is 0 Å². The third-order valence-electron chi connectivity index (χ3n) is 2.60. The van der Waals surface area contributed by atoms with Crippen molar-refractivity contribution in [2.24, 2.45) is 0 Å². The van der Waals surface area contributed by atoms with Gasteiger partial charge in [-0.1, -0.05) is 6.07 Å². The number of rotatable bonds is 3. The number of methoxy groups -OCH3 is 3. The minimum absolute atomic E-state index is 0.0493. The minimum Gasteiger partial charge on any atom is -0.481 e. The van der Waals surface area contributed by atoms with Crippen LogP contribution in [0.2, 0.25) is 0 Å². The second-order valence-electron chi connectivity index (χ2n) is 3.57. The van der Waals surface area contributed by atoms with E-state index in [1.54, 1.807) is 18.2 Å². The van der Waals surface area contributed by atoms with Crippen LogP contribution in [0.15, 0.2) is 18.2 Å². The lowest BCUT2D eigenvalue weighted by Gasteiger charge is -2.02. The fraction of sp³-hybridized carbons (Fsp3) is 0.250.